The smallest absolute Gasteiger partial charge is 0.404 e. The Kier molecular flexibility index (Phi) is 11.0. The van der Waals surface area contributed by atoms with Crippen LogP contribution in [0.1, 0.15) is 77.6 Å². The molecule has 6 heteroatoms. The van der Waals surface area contributed by atoms with E-state index in [1.165, 1.54) is 44.6 Å². The van der Waals surface area contributed by atoms with Crippen LogP contribution in [0.3, 0.4) is 0 Å². The zero-order valence-corrected chi connectivity index (χ0v) is 15.3. The van der Waals surface area contributed by atoms with Gasteiger partial charge < -0.3 is 20.3 Å². The van der Waals surface area contributed by atoms with Crippen molar-refractivity contribution in [1.29, 1.82) is 0 Å². The van der Waals surface area contributed by atoms with Gasteiger partial charge in [-0.1, -0.05) is 51.9 Å². The molecule has 0 saturated heterocycles. The number of aliphatic hydroxyl groups is 1. The minimum atomic E-state index is -1.11. The van der Waals surface area contributed by atoms with Gasteiger partial charge in [0.15, 0.2) is 0 Å². The quantitative estimate of drug-likeness (QED) is 0.323. The fraction of sp³-hybridized carbons (Fsp3) is 0.789. The van der Waals surface area contributed by atoms with Gasteiger partial charge in [-0.2, -0.15) is 0 Å². The number of carboxylic acid groups (broad SMARTS) is 1. The molecule has 0 bridgehead atoms. The molecule has 0 fully saturated rings. The SMILES string of the molecule is CCCCCCCCCC(CCCC1=CC(O)OC1=O)CNC(=O)O. The first-order valence-corrected chi connectivity index (χ1v) is 9.59. The maximum Gasteiger partial charge on any atom is 0.404 e. The van der Waals surface area contributed by atoms with Crippen LogP contribution in [-0.2, 0) is 9.53 Å². The number of amides is 1. The highest BCUT2D eigenvalue weighted by Crippen LogP contribution is 2.22. The molecule has 2 atom stereocenters. The van der Waals surface area contributed by atoms with Gasteiger partial charge in [0.05, 0.1) is 0 Å². The van der Waals surface area contributed by atoms with Crippen molar-refractivity contribution in [3.63, 3.8) is 0 Å². The summed E-state index contributed by atoms with van der Waals surface area (Å²) in [6.07, 6.45) is 11.2. The summed E-state index contributed by atoms with van der Waals surface area (Å²) >= 11 is 0. The van der Waals surface area contributed by atoms with Gasteiger partial charge in [-0.15, -0.1) is 0 Å². The Morgan fingerprint density at radius 1 is 1.16 bits per heavy atom. The lowest BCUT2D eigenvalue weighted by Gasteiger charge is -2.16. The fourth-order valence-corrected chi connectivity index (χ4v) is 3.20. The highest BCUT2D eigenvalue weighted by molar-refractivity contribution is 5.90. The molecule has 0 aromatic heterocycles. The monoisotopic (exact) mass is 355 g/mol. The predicted molar refractivity (Wildman–Crippen MR) is 96.2 cm³/mol. The standard InChI is InChI=1S/C19H33NO5/c1-2-3-4-5-6-7-8-10-15(14-20-19(23)24)11-9-12-16-13-17(21)25-18(16)22/h13,15,17,20-21H,2-12,14H2,1H3,(H,23,24). The Balaban J connectivity index is 2.23. The number of unbranched alkanes of at least 4 members (excludes halogenated alkanes) is 6. The van der Waals surface area contributed by atoms with Crippen LogP contribution in [-0.4, -0.2) is 35.1 Å². The Labute approximate surface area is 150 Å². The molecule has 1 aliphatic heterocycles. The molecule has 1 heterocycles. The molecule has 0 aromatic rings. The van der Waals surface area contributed by atoms with Crippen LogP contribution in [0.15, 0.2) is 11.6 Å². The molecule has 0 saturated carbocycles. The highest BCUT2D eigenvalue weighted by Gasteiger charge is 2.23. The summed E-state index contributed by atoms with van der Waals surface area (Å²) in [6.45, 7) is 2.67. The molecular formula is C19H33NO5. The van der Waals surface area contributed by atoms with Gasteiger partial charge in [0.2, 0.25) is 6.29 Å². The zero-order valence-electron chi connectivity index (χ0n) is 15.3. The molecule has 2 unspecified atom stereocenters. The summed E-state index contributed by atoms with van der Waals surface area (Å²) in [6, 6.07) is 0. The van der Waals surface area contributed by atoms with E-state index in [4.69, 9.17) is 5.11 Å². The second kappa shape index (κ2) is 12.8. The molecule has 0 aromatic carbocycles. The number of hydrogen-bond donors (Lipinski definition) is 3. The first-order chi connectivity index (χ1) is 12.0. The molecule has 0 radical (unpaired) electrons. The predicted octanol–water partition coefficient (Wildman–Crippen LogP) is 3.98. The minimum Gasteiger partial charge on any atom is -0.465 e. The van der Waals surface area contributed by atoms with E-state index in [1.807, 2.05) is 0 Å². The lowest BCUT2D eigenvalue weighted by atomic mass is 9.93. The summed E-state index contributed by atoms with van der Waals surface area (Å²) in [7, 11) is 0. The van der Waals surface area contributed by atoms with Gasteiger partial charge in [-0.25, -0.2) is 9.59 Å². The molecule has 0 spiro atoms. The van der Waals surface area contributed by atoms with Crippen molar-refractivity contribution < 1.29 is 24.5 Å². The van der Waals surface area contributed by atoms with Crippen LogP contribution in [0.5, 0.6) is 0 Å². The van der Waals surface area contributed by atoms with Crippen LogP contribution < -0.4 is 5.32 Å². The molecule has 3 N–H and O–H groups in total. The maximum atomic E-state index is 11.5. The number of rotatable bonds is 14. The number of ether oxygens (including phenoxy) is 1. The van der Waals surface area contributed by atoms with E-state index in [9.17, 15) is 14.7 Å². The third-order valence-corrected chi connectivity index (χ3v) is 4.65. The Hall–Kier alpha value is -1.56. The summed E-state index contributed by atoms with van der Waals surface area (Å²) in [5.41, 5.74) is 0.522. The van der Waals surface area contributed by atoms with E-state index in [2.05, 4.69) is 17.0 Å². The first kappa shape index (κ1) is 21.5. The molecule has 1 aliphatic rings. The van der Waals surface area contributed by atoms with Crippen molar-refractivity contribution in [2.45, 2.75) is 83.8 Å². The Bertz CT molecular complexity index is 436. The van der Waals surface area contributed by atoms with E-state index in [0.717, 1.165) is 25.7 Å². The zero-order chi connectivity index (χ0) is 18.5. The topological polar surface area (TPSA) is 95.9 Å². The summed E-state index contributed by atoms with van der Waals surface area (Å²) in [5.74, 6) is -0.158. The highest BCUT2D eigenvalue weighted by atomic mass is 16.6. The van der Waals surface area contributed by atoms with Gasteiger partial charge in [-0.05, 0) is 37.7 Å². The van der Waals surface area contributed by atoms with Crippen LogP contribution >= 0.6 is 0 Å². The molecule has 25 heavy (non-hydrogen) atoms. The van der Waals surface area contributed by atoms with Gasteiger partial charge in [-0.3, -0.25) is 0 Å². The molecule has 0 aliphatic carbocycles. The van der Waals surface area contributed by atoms with Crippen molar-refractivity contribution in [2.75, 3.05) is 6.54 Å². The average Bonchev–Trinajstić information content (AvgIpc) is 2.88. The molecule has 1 amide bonds. The number of carbonyl (C=O) groups is 2. The van der Waals surface area contributed by atoms with E-state index in [0.29, 0.717) is 18.5 Å². The van der Waals surface area contributed by atoms with Gasteiger partial charge in [0.1, 0.15) is 0 Å². The number of nitrogens with one attached hydrogen (secondary N) is 1. The van der Waals surface area contributed by atoms with Crippen LogP contribution in [0.4, 0.5) is 4.79 Å². The minimum absolute atomic E-state index is 0.287. The normalized spacial score (nSPS) is 17.9. The summed E-state index contributed by atoms with van der Waals surface area (Å²) in [5, 5.41) is 20.5. The third kappa shape index (κ3) is 10.1. The first-order valence-electron chi connectivity index (χ1n) is 9.59. The number of carbonyl (C=O) groups excluding carboxylic acids is 1. The summed E-state index contributed by atoms with van der Waals surface area (Å²) in [4.78, 5) is 22.2. The van der Waals surface area contributed by atoms with Gasteiger partial charge in [0, 0.05) is 12.1 Å². The molecular weight excluding hydrogens is 322 g/mol. The van der Waals surface area contributed by atoms with Crippen LogP contribution in [0.25, 0.3) is 0 Å². The lowest BCUT2D eigenvalue weighted by molar-refractivity contribution is -0.151. The van der Waals surface area contributed by atoms with Gasteiger partial charge in [0.25, 0.3) is 0 Å². The number of cyclic esters (lactones) is 1. The largest absolute Gasteiger partial charge is 0.465 e. The van der Waals surface area contributed by atoms with E-state index in [1.54, 1.807) is 0 Å². The van der Waals surface area contributed by atoms with Crippen molar-refractivity contribution >= 4 is 12.1 Å². The number of aliphatic hydroxyl groups excluding tert-OH is 1. The lowest BCUT2D eigenvalue weighted by Crippen LogP contribution is -2.27. The van der Waals surface area contributed by atoms with Crippen molar-refractivity contribution in [1.82, 2.24) is 5.32 Å². The number of hydrogen-bond acceptors (Lipinski definition) is 4. The second-order valence-corrected chi connectivity index (χ2v) is 6.84. The Morgan fingerprint density at radius 3 is 2.40 bits per heavy atom. The Morgan fingerprint density at radius 2 is 1.80 bits per heavy atom. The van der Waals surface area contributed by atoms with E-state index >= 15 is 0 Å². The second-order valence-electron chi connectivity index (χ2n) is 6.84. The molecule has 144 valence electrons. The molecule has 1 rings (SSSR count). The van der Waals surface area contributed by atoms with E-state index < -0.39 is 18.4 Å². The third-order valence-electron chi connectivity index (χ3n) is 4.65. The van der Waals surface area contributed by atoms with Crippen LogP contribution in [0.2, 0.25) is 0 Å². The summed E-state index contributed by atoms with van der Waals surface area (Å²) < 4.78 is 4.66. The van der Waals surface area contributed by atoms with Crippen LogP contribution in [0, 0.1) is 5.92 Å². The molecule has 6 nitrogen and oxygen atoms in total. The average molecular weight is 355 g/mol. The maximum absolute atomic E-state index is 11.5. The van der Waals surface area contributed by atoms with Crippen molar-refractivity contribution in [3.05, 3.63) is 11.6 Å². The van der Waals surface area contributed by atoms with E-state index in [-0.39, 0.29) is 5.92 Å². The van der Waals surface area contributed by atoms with Crippen molar-refractivity contribution in [3.8, 4) is 0 Å². The fourth-order valence-electron chi connectivity index (χ4n) is 3.20. The van der Waals surface area contributed by atoms with Gasteiger partial charge >= 0.3 is 12.1 Å². The number of esters is 1. The van der Waals surface area contributed by atoms with Crippen molar-refractivity contribution in [2.24, 2.45) is 5.92 Å².